The fraction of sp³-hybridized carbons (Fsp3) is 0.529. The largest absolute Gasteiger partial charge is 0.467 e. The van der Waals surface area contributed by atoms with E-state index < -0.39 is 6.10 Å². The second-order valence-electron chi connectivity index (χ2n) is 6.09. The summed E-state index contributed by atoms with van der Waals surface area (Å²) in [5.41, 5.74) is 1.84. The van der Waals surface area contributed by atoms with Gasteiger partial charge in [-0.1, -0.05) is 6.92 Å². The maximum atomic E-state index is 11.9. The zero-order chi connectivity index (χ0) is 16.9. The summed E-state index contributed by atoms with van der Waals surface area (Å²) >= 11 is 0. The van der Waals surface area contributed by atoms with Crippen molar-refractivity contribution in [2.45, 2.75) is 45.5 Å². The molecule has 1 aliphatic rings. The number of hydrogen-bond acceptors (Lipinski definition) is 5. The lowest BCUT2D eigenvalue weighted by Crippen LogP contribution is -2.36. The summed E-state index contributed by atoms with van der Waals surface area (Å²) in [6, 6.07) is 5.62. The Morgan fingerprint density at radius 2 is 2.38 bits per heavy atom. The molecule has 130 valence electrons. The highest BCUT2D eigenvalue weighted by Crippen LogP contribution is 2.20. The summed E-state index contributed by atoms with van der Waals surface area (Å²) in [7, 11) is 0. The van der Waals surface area contributed by atoms with Crippen molar-refractivity contribution in [1.82, 2.24) is 20.0 Å². The van der Waals surface area contributed by atoms with E-state index in [9.17, 15) is 9.90 Å². The van der Waals surface area contributed by atoms with Crippen molar-refractivity contribution < 1.29 is 14.3 Å². The van der Waals surface area contributed by atoms with Crippen LogP contribution in [0.2, 0.25) is 0 Å². The lowest BCUT2D eigenvalue weighted by molar-refractivity contribution is -0.121. The first kappa shape index (κ1) is 16.7. The fourth-order valence-electron chi connectivity index (χ4n) is 2.85. The molecule has 0 bridgehead atoms. The first-order valence-electron chi connectivity index (χ1n) is 8.42. The van der Waals surface area contributed by atoms with Gasteiger partial charge in [-0.05, 0) is 24.6 Å². The Balaban J connectivity index is 1.45. The number of furan rings is 1. The van der Waals surface area contributed by atoms with Crippen molar-refractivity contribution in [2.75, 3.05) is 13.1 Å². The highest BCUT2D eigenvalue weighted by atomic mass is 16.3. The Morgan fingerprint density at radius 1 is 1.50 bits per heavy atom. The van der Waals surface area contributed by atoms with Crippen LogP contribution in [0.1, 0.15) is 43.0 Å². The summed E-state index contributed by atoms with van der Waals surface area (Å²) in [5, 5.41) is 17.2. The van der Waals surface area contributed by atoms with Crippen LogP contribution >= 0.6 is 0 Å². The minimum Gasteiger partial charge on any atom is -0.467 e. The van der Waals surface area contributed by atoms with Crippen LogP contribution in [0.4, 0.5) is 0 Å². The number of carbonyl (C=O) groups excluding carboxylic acids is 1. The van der Waals surface area contributed by atoms with E-state index in [4.69, 9.17) is 4.42 Å². The lowest BCUT2D eigenvalue weighted by Gasteiger charge is -2.27. The number of aromatic nitrogens is 2. The normalized spacial score (nSPS) is 15.9. The van der Waals surface area contributed by atoms with Crippen molar-refractivity contribution in [1.29, 1.82) is 0 Å². The smallest absolute Gasteiger partial charge is 0.221 e. The van der Waals surface area contributed by atoms with Gasteiger partial charge in [-0.25, -0.2) is 0 Å². The molecule has 0 saturated heterocycles. The number of aliphatic hydroxyl groups is 1. The molecule has 0 fully saturated rings. The zero-order valence-electron chi connectivity index (χ0n) is 13.9. The summed E-state index contributed by atoms with van der Waals surface area (Å²) in [5.74, 6) is 0.778. The Hall–Kier alpha value is -2.12. The Bertz CT molecular complexity index is 665. The molecule has 1 atom stereocenters. The summed E-state index contributed by atoms with van der Waals surface area (Å²) in [6.07, 6.45) is 2.22. The highest BCUT2D eigenvalue weighted by Gasteiger charge is 2.20. The van der Waals surface area contributed by atoms with Gasteiger partial charge in [-0.2, -0.15) is 5.10 Å². The number of hydrogen-bond donors (Lipinski definition) is 2. The molecule has 2 aromatic rings. The summed E-state index contributed by atoms with van der Waals surface area (Å²) in [6.45, 7) is 5.49. The zero-order valence-corrected chi connectivity index (χ0v) is 13.9. The van der Waals surface area contributed by atoms with E-state index in [2.05, 4.69) is 15.3 Å². The van der Waals surface area contributed by atoms with Gasteiger partial charge in [0.1, 0.15) is 5.76 Å². The Morgan fingerprint density at radius 3 is 3.12 bits per heavy atom. The lowest BCUT2D eigenvalue weighted by atomic mass is 10.2. The number of rotatable bonds is 7. The predicted molar refractivity (Wildman–Crippen MR) is 87.9 cm³/mol. The van der Waals surface area contributed by atoms with Crippen LogP contribution in [0.5, 0.6) is 0 Å². The van der Waals surface area contributed by atoms with Crippen LogP contribution in [-0.2, 0) is 24.4 Å². The molecule has 0 aliphatic carbocycles. The maximum absolute atomic E-state index is 11.9. The summed E-state index contributed by atoms with van der Waals surface area (Å²) < 4.78 is 7.15. The van der Waals surface area contributed by atoms with Gasteiger partial charge < -0.3 is 14.8 Å². The van der Waals surface area contributed by atoms with Crippen LogP contribution < -0.4 is 5.32 Å². The van der Waals surface area contributed by atoms with Gasteiger partial charge in [-0.15, -0.1) is 0 Å². The Labute approximate surface area is 141 Å². The van der Waals surface area contributed by atoms with Gasteiger partial charge in [0.2, 0.25) is 5.91 Å². The van der Waals surface area contributed by atoms with E-state index in [0.29, 0.717) is 25.9 Å². The molecule has 7 heteroatoms. The SMILES string of the molecule is CC[C@H](O)c1cc2n(n1)CCN(CCC(=O)NCc1ccco1)C2. The van der Waals surface area contributed by atoms with Crippen molar-refractivity contribution >= 4 is 5.91 Å². The third kappa shape index (κ3) is 4.04. The topological polar surface area (TPSA) is 83.5 Å². The van der Waals surface area contributed by atoms with Crippen LogP contribution in [0.15, 0.2) is 28.9 Å². The second kappa shape index (κ2) is 7.63. The number of aliphatic hydroxyl groups excluding tert-OH is 1. The second-order valence-corrected chi connectivity index (χ2v) is 6.09. The van der Waals surface area contributed by atoms with Crippen LogP contribution in [-0.4, -0.2) is 38.8 Å². The highest BCUT2D eigenvalue weighted by molar-refractivity contribution is 5.75. The number of carbonyl (C=O) groups is 1. The Kier molecular flexibility index (Phi) is 5.32. The van der Waals surface area contributed by atoms with Gasteiger partial charge in [0.05, 0.1) is 36.8 Å². The van der Waals surface area contributed by atoms with Crippen LogP contribution in [0.25, 0.3) is 0 Å². The molecular weight excluding hydrogens is 308 g/mol. The molecular formula is C17H24N4O3. The van der Waals surface area contributed by atoms with Gasteiger partial charge >= 0.3 is 0 Å². The molecule has 0 radical (unpaired) electrons. The molecule has 1 aliphatic heterocycles. The molecule has 3 heterocycles. The van der Waals surface area contributed by atoms with E-state index in [1.54, 1.807) is 6.26 Å². The first-order chi connectivity index (χ1) is 11.7. The quantitative estimate of drug-likeness (QED) is 0.802. The molecule has 3 rings (SSSR count). The van der Waals surface area contributed by atoms with Crippen LogP contribution in [0, 0.1) is 0 Å². The van der Waals surface area contributed by atoms with E-state index >= 15 is 0 Å². The first-order valence-corrected chi connectivity index (χ1v) is 8.42. The van der Waals surface area contributed by atoms with Crippen molar-refractivity contribution in [3.05, 3.63) is 41.6 Å². The number of fused-ring (bicyclic) bond motifs is 1. The molecule has 1 amide bonds. The van der Waals surface area contributed by atoms with E-state index in [0.717, 1.165) is 36.8 Å². The molecule has 2 aromatic heterocycles. The monoisotopic (exact) mass is 332 g/mol. The van der Waals surface area contributed by atoms with Crippen molar-refractivity contribution in [3.8, 4) is 0 Å². The maximum Gasteiger partial charge on any atom is 0.221 e. The van der Waals surface area contributed by atoms with Crippen LogP contribution in [0.3, 0.4) is 0 Å². The number of nitrogens with one attached hydrogen (secondary N) is 1. The fourth-order valence-corrected chi connectivity index (χ4v) is 2.85. The molecule has 0 aromatic carbocycles. The summed E-state index contributed by atoms with van der Waals surface area (Å²) in [4.78, 5) is 14.2. The van der Waals surface area contributed by atoms with E-state index in [1.807, 2.05) is 29.8 Å². The molecule has 2 N–H and O–H groups in total. The minimum absolute atomic E-state index is 0.0209. The number of nitrogens with zero attached hydrogens (tertiary/aromatic N) is 3. The van der Waals surface area contributed by atoms with Crippen molar-refractivity contribution in [3.63, 3.8) is 0 Å². The number of amides is 1. The average molecular weight is 332 g/mol. The molecule has 0 spiro atoms. The van der Waals surface area contributed by atoms with Gasteiger partial charge in [0.15, 0.2) is 0 Å². The average Bonchev–Trinajstić information content (AvgIpc) is 3.26. The minimum atomic E-state index is -0.496. The van der Waals surface area contributed by atoms with Crippen molar-refractivity contribution in [2.24, 2.45) is 0 Å². The third-order valence-electron chi connectivity index (χ3n) is 4.32. The van der Waals surface area contributed by atoms with E-state index in [-0.39, 0.29) is 5.91 Å². The van der Waals surface area contributed by atoms with E-state index in [1.165, 1.54) is 0 Å². The standard InChI is InChI=1S/C17H24N4O3/c1-2-16(22)15-10-13-12-20(7-8-21(13)19-15)6-5-17(23)18-11-14-4-3-9-24-14/h3-4,9-10,16,22H,2,5-8,11-12H2,1H3,(H,18,23)/t16-/m0/s1. The molecule has 0 saturated carbocycles. The third-order valence-corrected chi connectivity index (χ3v) is 4.32. The van der Waals surface area contributed by atoms with Gasteiger partial charge in [-0.3, -0.25) is 14.4 Å². The van der Waals surface area contributed by atoms with Gasteiger partial charge in [0, 0.05) is 26.1 Å². The molecule has 24 heavy (non-hydrogen) atoms. The predicted octanol–water partition coefficient (Wildman–Crippen LogP) is 1.44. The van der Waals surface area contributed by atoms with Gasteiger partial charge in [0.25, 0.3) is 0 Å². The molecule has 7 nitrogen and oxygen atoms in total. The molecule has 0 unspecified atom stereocenters.